The van der Waals surface area contributed by atoms with Crippen LogP contribution in [0.2, 0.25) is 12.6 Å². The maximum absolute atomic E-state index is 17.4. The number of aromatic amines is 1. The summed E-state index contributed by atoms with van der Waals surface area (Å²) in [5.74, 6) is 1.34. The number of hydrogen-bond acceptors (Lipinski definition) is 9. The lowest BCUT2D eigenvalue weighted by Crippen LogP contribution is -2.58. The summed E-state index contributed by atoms with van der Waals surface area (Å²) in [4.78, 5) is 27.6. The van der Waals surface area contributed by atoms with E-state index in [1.807, 2.05) is 91.0 Å². The second-order valence-electron chi connectivity index (χ2n) is 16.4. The molecule has 0 aliphatic carbocycles. The van der Waals surface area contributed by atoms with Gasteiger partial charge >= 0.3 is 5.69 Å². The first kappa shape index (κ1) is 43.0. The van der Waals surface area contributed by atoms with E-state index in [-0.39, 0.29) is 18.8 Å². The number of nitrogens with one attached hydrogen (secondary N) is 1. The smallest absolute Gasteiger partial charge is 0.330 e. The van der Waals surface area contributed by atoms with Crippen LogP contribution in [0.25, 0.3) is 0 Å². The van der Waals surface area contributed by atoms with Gasteiger partial charge in [-0.1, -0.05) is 132 Å². The maximum Gasteiger partial charge on any atom is 0.330 e. The number of halogens is 1. The van der Waals surface area contributed by atoms with Crippen molar-refractivity contribution in [2.75, 3.05) is 27.4 Å². The molecule has 14 heteroatoms. The van der Waals surface area contributed by atoms with E-state index in [9.17, 15) is 9.59 Å². The number of alkyl halides is 1. The first-order valence-electron chi connectivity index (χ1n) is 21.3. The van der Waals surface area contributed by atoms with Crippen LogP contribution in [0.1, 0.15) is 35.8 Å². The van der Waals surface area contributed by atoms with Crippen molar-refractivity contribution in [3.63, 3.8) is 0 Å². The van der Waals surface area contributed by atoms with Crippen molar-refractivity contribution in [1.82, 2.24) is 14.2 Å². The van der Waals surface area contributed by atoms with Gasteiger partial charge in [0.1, 0.15) is 37.4 Å². The average Bonchev–Trinajstić information content (AvgIpc) is 4.03. The van der Waals surface area contributed by atoms with Gasteiger partial charge < -0.3 is 28.0 Å². The summed E-state index contributed by atoms with van der Waals surface area (Å²) >= 11 is 0. The van der Waals surface area contributed by atoms with Crippen molar-refractivity contribution < 1.29 is 32.4 Å². The van der Waals surface area contributed by atoms with Crippen LogP contribution in [0.3, 0.4) is 0 Å². The SMILES string of the molecule is COc1ccc(C(OC[C@H]2O[C@@H](n3ccc(=O)[nH]c3=O)C(F)[C@@H]2O[P@@]2O[C@H](C[Si](C)(c3ccccc3)c3ccccc3)[C@@H]3CCCN32)(c2ccccc2)c2ccc(OC)cc2)cc1. The van der Waals surface area contributed by atoms with Gasteiger partial charge in [0, 0.05) is 24.8 Å². The minimum atomic E-state index is -2.33. The van der Waals surface area contributed by atoms with Gasteiger partial charge in [-0.2, -0.15) is 0 Å². The number of fused-ring (bicyclic) bond motifs is 1. The van der Waals surface area contributed by atoms with Gasteiger partial charge in [0.15, 0.2) is 12.4 Å². The van der Waals surface area contributed by atoms with Gasteiger partial charge in [0.25, 0.3) is 14.1 Å². The lowest BCUT2D eigenvalue weighted by Gasteiger charge is -2.37. The average molecular weight is 888 g/mol. The number of methoxy groups -OCH3 is 2. The molecular weight excluding hydrogens is 837 g/mol. The van der Waals surface area contributed by atoms with Crippen molar-refractivity contribution in [2.45, 2.75) is 67.8 Å². The molecule has 63 heavy (non-hydrogen) atoms. The number of nitrogens with zero attached hydrogens (tertiary/aromatic N) is 2. The van der Waals surface area contributed by atoms with Crippen LogP contribution in [-0.4, -0.2) is 80.2 Å². The molecule has 3 saturated heterocycles. The van der Waals surface area contributed by atoms with Gasteiger partial charge in [0.2, 0.25) is 0 Å². The molecule has 7 atom stereocenters. The molecule has 326 valence electrons. The molecular formula is C49H51FN3O8PSi. The van der Waals surface area contributed by atoms with Crippen molar-refractivity contribution in [2.24, 2.45) is 0 Å². The maximum atomic E-state index is 17.4. The monoisotopic (exact) mass is 887 g/mol. The van der Waals surface area contributed by atoms with E-state index in [4.69, 9.17) is 28.0 Å². The Hall–Kier alpha value is -5.24. The topological polar surface area (TPSA) is 113 Å². The third-order valence-corrected chi connectivity index (χ3v) is 19.0. The Labute approximate surface area is 368 Å². The van der Waals surface area contributed by atoms with E-state index in [2.05, 4.69) is 64.7 Å². The fourth-order valence-electron chi connectivity index (χ4n) is 9.47. The van der Waals surface area contributed by atoms with E-state index in [0.29, 0.717) is 11.5 Å². The molecule has 5 aromatic carbocycles. The van der Waals surface area contributed by atoms with Crippen LogP contribution in [0.15, 0.2) is 161 Å². The van der Waals surface area contributed by atoms with Gasteiger partial charge in [0.05, 0.1) is 26.9 Å². The number of hydrogen-bond donors (Lipinski definition) is 1. The molecule has 0 amide bonds. The molecule has 1 aromatic heterocycles. The van der Waals surface area contributed by atoms with Crippen LogP contribution in [0, 0.1) is 0 Å². The van der Waals surface area contributed by atoms with Crippen molar-refractivity contribution in [3.8, 4) is 11.5 Å². The number of benzene rings is 5. The van der Waals surface area contributed by atoms with E-state index in [0.717, 1.165) is 46.7 Å². The zero-order chi connectivity index (χ0) is 43.6. The van der Waals surface area contributed by atoms with Crippen LogP contribution < -0.4 is 31.1 Å². The van der Waals surface area contributed by atoms with Crippen LogP contribution >= 0.6 is 8.53 Å². The fourth-order valence-corrected chi connectivity index (χ4v) is 15.4. The second-order valence-corrected chi connectivity index (χ2v) is 22.1. The molecule has 1 N–H and O–H groups in total. The summed E-state index contributed by atoms with van der Waals surface area (Å²) in [6, 6.07) is 48.6. The minimum absolute atomic E-state index is 0.0962. The Balaban J connectivity index is 1.07. The van der Waals surface area contributed by atoms with Crippen LogP contribution in [0.5, 0.6) is 11.5 Å². The van der Waals surface area contributed by atoms with E-state index in [1.165, 1.54) is 22.6 Å². The molecule has 0 bridgehead atoms. The lowest BCUT2D eigenvalue weighted by molar-refractivity contribution is -0.0930. The highest BCUT2D eigenvalue weighted by molar-refractivity contribution is 7.45. The number of ether oxygens (including phenoxy) is 4. The van der Waals surface area contributed by atoms with E-state index >= 15 is 4.39 Å². The zero-order valence-electron chi connectivity index (χ0n) is 35.4. The van der Waals surface area contributed by atoms with Gasteiger partial charge in [-0.05, 0) is 59.8 Å². The zero-order valence-corrected chi connectivity index (χ0v) is 37.3. The summed E-state index contributed by atoms with van der Waals surface area (Å²) in [6.07, 6.45) is -2.50. The van der Waals surface area contributed by atoms with Gasteiger partial charge in [-0.15, -0.1) is 0 Å². The predicted molar refractivity (Wildman–Crippen MR) is 243 cm³/mol. The van der Waals surface area contributed by atoms with E-state index < -0.39 is 58.1 Å². The molecule has 0 spiro atoms. The summed E-state index contributed by atoms with van der Waals surface area (Å²) in [5.41, 5.74) is -0.238. The highest BCUT2D eigenvalue weighted by Gasteiger charge is 2.55. The van der Waals surface area contributed by atoms with Crippen molar-refractivity contribution >= 4 is 27.0 Å². The number of rotatable bonds is 15. The first-order valence-corrected chi connectivity index (χ1v) is 25.2. The molecule has 1 unspecified atom stereocenters. The molecule has 3 fully saturated rings. The molecule has 0 saturated carbocycles. The summed E-state index contributed by atoms with van der Waals surface area (Å²) < 4.78 is 59.5. The normalized spacial score (nSPS) is 23.7. The first-order chi connectivity index (χ1) is 30.7. The molecule has 4 heterocycles. The highest BCUT2D eigenvalue weighted by atomic mass is 31.2. The Bertz CT molecular complexity index is 2480. The Kier molecular flexibility index (Phi) is 12.6. The second kappa shape index (κ2) is 18.5. The predicted octanol–water partition coefficient (Wildman–Crippen LogP) is 7.17. The van der Waals surface area contributed by atoms with Gasteiger partial charge in [-0.25, -0.2) is 13.9 Å². The molecule has 9 rings (SSSR count). The van der Waals surface area contributed by atoms with Crippen molar-refractivity contribution in [3.05, 3.63) is 189 Å². The van der Waals surface area contributed by atoms with Crippen LogP contribution in [-0.2, 0) is 24.1 Å². The summed E-state index contributed by atoms with van der Waals surface area (Å²) in [6.45, 7) is 2.99. The third kappa shape index (κ3) is 8.35. The van der Waals surface area contributed by atoms with Gasteiger partial charge in [-0.3, -0.25) is 14.3 Å². The molecule has 0 radical (unpaired) electrons. The third-order valence-electron chi connectivity index (χ3n) is 12.8. The lowest BCUT2D eigenvalue weighted by atomic mass is 9.80. The van der Waals surface area contributed by atoms with Crippen LogP contribution in [0.4, 0.5) is 4.39 Å². The molecule has 3 aliphatic heterocycles. The standard InChI is InChI=1S/C49H51FN3O8PSi/c1-56-37-25-21-35(22-26-37)49(34-14-7-4-8-15-34,36-23-27-38(57-2)28-24-36)58-32-42-46(45(50)47(59-42)52-31-29-44(54)51-48(52)55)61-62-53-30-13-20-41(53)43(60-62)33-63(3,39-16-9-5-10-17-39)40-18-11-6-12-19-40/h4-12,14-19,21-29,31,41-43,45-47H,13,20,30,32-33H2,1-3H3,(H,51,54,55)/t41-,42+,43+,45?,46+,47+,62+/m0/s1. The molecule has 3 aliphatic rings. The molecule has 6 aromatic rings. The number of aromatic nitrogens is 2. The summed E-state index contributed by atoms with van der Waals surface area (Å²) in [5, 5.41) is 2.63. The molecule has 11 nitrogen and oxygen atoms in total. The Morgan fingerprint density at radius 1 is 0.762 bits per heavy atom. The fraction of sp³-hybridized carbons (Fsp3) is 0.306. The largest absolute Gasteiger partial charge is 0.497 e. The Morgan fingerprint density at radius 2 is 1.32 bits per heavy atom. The van der Waals surface area contributed by atoms with Crippen molar-refractivity contribution in [1.29, 1.82) is 0 Å². The highest BCUT2D eigenvalue weighted by Crippen LogP contribution is 2.59. The van der Waals surface area contributed by atoms with E-state index in [1.54, 1.807) is 14.2 Å². The Morgan fingerprint density at radius 3 is 1.87 bits per heavy atom. The summed E-state index contributed by atoms with van der Waals surface area (Å²) in [7, 11) is -0.860. The minimum Gasteiger partial charge on any atom is -0.497 e. The quantitative estimate of drug-likeness (QED) is 0.0652. The number of H-pyrrole nitrogens is 1.